The number of primary amides is 1. The van der Waals surface area contributed by atoms with Gasteiger partial charge >= 0.3 is 0 Å². The van der Waals surface area contributed by atoms with Crippen LogP contribution in [-0.2, 0) is 11.3 Å². The maximum atomic E-state index is 10.8. The zero-order chi connectivity index (χ0) is 20.6. The van der Waals surface area contributed by atoms with Crippen molar-refractivity contribution < 1.29 is 23.7 Å². The summed E-state index contributed by atoms with van der Waals surface area (Å²) >= 11 is 5.22. The van der Waals surface area contributed by atoms with E-state index in [2.05, 4.69) is 15.8 Å². The fraction of sp³-hybridized carbons (Fsp3) is 0.211. The van der Waals surface area contributed by atoms with Crippen LogP contribution in [0.3, 0.4) is 0 Å². The number of thiocarbonyl (C=S) groups is 1. The largest absolute Gasteiger partial charge is 0.493 e. The summed E-state index contributed by atoms with van der Waals surface area (Å²) in [5.41, 5.74) is 9.57. The second kappa shape index (κ2) is 9.60. The summed E-state index contributed by atoms with van der Waals surface area (Å²) < 4.78 is 21.2. The van der Waals surface area contributed by atoms with Crippen molar-refractivity contribution in [2.24, 2.45) is 10.8 Å². The van der Waals surface area contributed by atoms with Gasteiger partial charge in [-0.05, 0) is 53.7 Å². The first-order chi connectivity index (χ1) is 14.0. The molecule has 29 heavy (non-hydrogen) atoms. The van der Waals surface area contributed by atoms with Crippen molar-refractivity contribution in [3.8, 4) is 23.0 Å². The maximum Gasteiger partial charge on any atom is 0.255 e. The number of nitrogens with zero attached hydrogens (tertiary/aromatic N) is 1. The molecular weight excluding hydrogens is 396 g/mol. The van der Waals surface area contributed by atoms with Crippen molar-refractivity contribution in [2.45, 2.75) is 6.54 Å². The Labute approximate surface area is 172 Å². The lowest BCUT2D eigenvalue weighted by atomic mass is 10.2. The number of rotatable bonds is 8. The number of hydrogen-bond acceptors (Lipinski definition) is 7. The highest BCUT2D eigenvalue weighted by molar-refractivity contribution is 7.80. The van der Waals surface area contributed by atoms with Gasteiger partial charge in [-0.1, -0.05) is 6.07 Å². The van der Waals surface area contributed by atoms with Gasteiger partial charge in [-0.15, -0.1) is 0 Å². The van der Waals surface area contributed by atoms with Gasteiger partial charge < -0.3 is 30.0 Å². The standard InChI is InChI=1S/C19H20N4O5S/c1-25-16-6-13(3-4-14(16)26-10-18(20)24)9-22-23-19(29)21-8-12-2-5-15-17(7-12)28-11-27-15/h2-7,9H,8,10-11H2,1H3,(H2,20,24)(H2,21,23,29)/b22-9-. The third-order valence-corrected chi connectivity index (χ3v) is 4.06. The number of ether oxygens (including phenoxy) is 4. The van der Waals surface area contributed by atoms with Crippen molar-refractivity contribution in [3.05, 3.63) is 47.5 Å². The van der Waals surface area contributed by atoms with E-state index in [0.29, 0.717) is 23.2 Å². The van der Waals surface area contributed by atoms with Gasteiger partial charge in [0.25, 0.3) is 5.91 Å². The molecular formula is C19H20N4O5S. The van der Waals surface area contributed by atoms with Crippen molar-refractivity contribution in [2.75, 3.05) is 20.5 Å². The van der Waals surface area contributed by atoms with Crippen LogP contribution in [-0.4, -0.2) is 37.7 Å². The lowest BCUT2D eigenvalue weighted by Crippen LogP contribution is -2.31. The Balaban J connectivity index is 1.49. The molecule has 1 aliphatic heterocycles. The summed E-state index contributed by atoms with van der Waals surface area (Å²) in [6.45, 7) is 0.524. The topological polar surface area (TPSA) is 116 Å². The van der Waals surface area contributed by atoms with Crippen LogP contribution < -0.4 is 35.4 Å². The van der Waals surface area contributed by atoms with Crippen molar-refractivity contribution in [1.82, 2.24) is 10.7 Å². The number of hydrazone groups is 1. The highest BCUT2D eigenvalue weighted by atomic mass is 32.1. The zero-order valence-corrected chi connectivity index (χ0v) is 16.5. The molecule has 2 aromatic rings. The number of nitrogens with one attached hydrogen (secondary N) is 2. The number of carbonyl (C=O) groups is 1. The summed E-state index contributed by atoms with van der Waals surface area (Å²) in [7, 11) is 1.50. The van der Waals surface area contributed by atoms with Crippen LogP contribution in [0.1, 0.15) is 11.1 Å². The number of fused-ring (bicyclic) bond motifs is 1. The van der Waals surface area contributed by atoms with E-state index >= 15 is 0 Å². The van der Waals surface area contributed by atoms with Crippen LogP contribution in [0.2, 0.25) is 0 Å². The first-order valence-corrected chi connectivity index (χ1v) is 9.00. The molecule has 1 amide bonds. The lowest BCUT2D eigenvalue weighted by Gasteiger charge is -2.10. The fourth-order valence-corrected chi connectivity index (χ4v) is 2.60. The van der Waals surface area contributed by atoms with E-state index in [9.17, 15) is 4.79 Å². The van der Waals surface area contributed by atoms with E-state index in [4.69, 9.17) is 36.9 Å². The Morgan fingerprint density at radius 1 is 1.24 bits per heavy atom. The van der Waals surface area contributed by atoms with Crippen LogP contribution in [0.4, 0.5) is 0 Å². The van der Waals surface area contributed by atoms with Gasteiger partial charge in [-0.25, -0.2) is 0 Å². The van der Waals surface area contributed by atoms with Gasteiger partial charge in [-0.2, -0.15) is 5.10 Å². The molecule has 0 aromatic heterocycles. The summed E-state index contributed by atoms with van der Waals surface area (Å²) in [5.74, 6) is 1.76. The number of nitrogens with two attached hydrogens (primary N) is 1. The lowest BCUT2D eigenvalue weighted by molar-refractivity contribution is -0.119. The Kier molecular flexibility index (Phi) is 6.69. The first-order valence-electron chi connectivity index (χ1n) is 8.59. The average Bonchev–Trinajstić information content (AvgIpc) is 3.19. The van der Waals surface area contributed by atoms with Gasteiger partial charge in [0.2, 0.25) is 6.79 Å². The monoisotopic (exact) mass is 416 g/mol. The molecule has 152 valence electrons. The van der Waals surface area contributed by atoms with Crippen LogP contribution in [0, 0.1) is 0 Å². The second-order valence-corrected chi connectivity index (χ2v) is 6.31. The molecule has 0 saturated carbocycles. The van der Waals surface area contributed by atoms with Crippen molar-refractivity contribution in [1.29, 1.82) is 0 Å². The second-order valence-electron chi connectivity index (χ2n) is 5.91. The molecule has 2 aromatic carbocycles. The van der Waals surface area contributed by atoms with Gasteiger partial charge in [0.05, 0.1) is 13.3 Å². The van der Waals surface area contributed by atoms with Crippen LogP contribution >= 0.6 is 12.2 Å². The Hall–Kier alpha value is -3.53. The molecule has 0 bridgehead atoms. The predicted octanol–water partition coefficient (Wildman–Crippen LogP) is 1.29. The van der Waals surface area contributed by atoms with E-state index in [0.717, 1.165) is 22.6 Å². The molecule has 0 spiro atoms. The van der Waals surface area contributed by atoms with Gasteiger partial charge in [0.1, 0.15) is 0 Å². The molecule has 0 fully saturated rings. The minimum absolute atomic E-state index is 0.228. The first kappa shape index (κ1) is 20.2. The Bertz CT molecular complexity index is 935. The van der Waals surface area contributed by atoms with E-state index in [1.165, 1.54) is 7.11 Å². The molecule has 0 atom stereocenters. The van der Waals surface area contributed by atoms with Crippen LogP contribution in [0.25, 0.3) is 0 Å². The van der Waals surface area contributed by atoms with Crippen LogP contribution in [0.15, 0.2) is 41.5 Å². The van der Waals surface area contributed by atoms with Crippen molar-refractivity contribution in [3.63, 3.8) is 0 Å². The third kappa shape index (κ3) is 5.72. The molecule has 10 heteroatoms. The molecule has 0 radical (unpaired) electrons. The molecule has 1 aliphatic rings. The molecule has 1 heterocycles. The quantitative estimate of drug-likeness (QED) is 0.335. The van der Waals surface area contributed by atoms with Crippen LogP contribution in [0.5, 0.6) is 23.0 Å². The number of amides is 1. The number of methoxy groups -OCH3 is 1. The summed E-state index contributed by atoms with van der Waals surface area (Å²) in [6.07, 6.45) is 1.58. The molecule has 9 nitrogen and oxygen atoms in total. The van der Waals surface area contributed by atoms with E-state index in [1.807, 2.05) is 18.2 Å². The SMILES string of the molecule is COc1cc(/C=N\NC(=S)NCc2ccc3c(c2)OCO3)ccc1OCC(N)=O. The minimum atomic E-state index is -0.566. The molecule has 0 saturated heterocycles. The van der Waals surface area contributed by atoms with Gasteiger partial charge in [0, 0.05) is 6.54 Å². The molecule has 4 N–H and O–H groups in total. The highest BCUT2D eigenvalue weighted by Crippen LogP contribution is 2.32. The molecule has 3 rings (SSSR count). The van der Waals surface area contributed by atoms with E-state index in [-0.39, 0.29) is 13.4 Å². The summed E-state index contributed by atoms with van der Waals surface area (Å²) in [5, 5.41) is 7.52. The molecule has 0 aliphatic carbocycles. The fourth-order valence-electron chi connectivity index (χ4n) is 2.47. The smallest absolute Gasteiger partial charge is 0.255 e. The highest BCUT2D eigenvalue weighted by Gasteiger charge is 2.13. The van der Waals surface area contributed by atoms with E-state index < -0.39 is 5.91 Å². The summed E-state index contributed by atoms with van der Waals surface area (Å²) in [4.78, 5) is 10.8. The number of carbonyl (C=O) groups excluding carboxylic acids is 1. The van der Waals surface area contributed by atoms with Crippen molar-refractivity contribution >= 4 is 29.5 Å². The Morgan fingerprint density at radius 3 is 2.86 bits per heavy atom. The van der Waals surface area contributed by atoms with E-state index in [1.54, 1.807) is 24.4 Å². The number of hydrogen-bond donors (Lipinski definition) is 3. The van der Waals surface area contributed by atoms with Gasteiger partial charge in [-0.3, -0.25) is 10.2 Å². The normalized spacial score (nSPS) is 11.9. The molecule has 0 unspecified atom stereocenters. The number of benzene rings is 2. The Morgan fingerprint density at radius 2 is 2.07 bits per heavy atom. The maximum absolute atomic E-state index is 10.8. The summed E-state index contributed by atoms with van der Waals surface area (Å²) in [6, 6.07) is 10.8. The zero-order valence-electron chi connectivity index (χ0n) is 15.6. The predicted molar refractivity (Wildman–Crippen MR) is 110 cm³/mol. The van der Waals surface area contributed by atoms with Gasteiger partial charge in [0.15, 0.2) is 34.7 Å². The third-order valence-electron chi connectivity index (χ3n) is 3.83. The minimum Gasteiger partial charge on any atom is -0.493 e. The average molecular weight is 416 g/mol.